The molecule has 0 fully saturated rings. The summed E-state index contributed by atoms with van der Waals surface area (Å²) in [5.74, 6) is 0.637. The van der Waals surface area contributed by atoms with Crippen LogP contribution in [0.15, 0.2) is 42.5 Å². The summed E-state index contributed by atoms with van der Waals surface area (Å²) >= 11 is 3.45. The van der Waals surface area contributed by atoms with E-state index in [0.29, 0.717) is 11.5 Å². The normalized spacial score (nSPS) is 15.9. The number of carbonyl (C=O) groups excluding carboxylic acids is 1. The Morgan fingerprint density at radius 3 is 2.63 bits per heavy atom. The molecule has 2 aromatic heterocycles. The second-order valence-corrected chi connectivity index (χ2v) is 10.5. The number of aryl methyl sites for hydroxylation is 2. The number of hydrogen-bond acceptors (Lipinski definition) is 4. The number of para-hydroxylation sites is 1. The van der Waals surface area contributed by atoms with Crippen LogP contribution in [0.5, 0.6) is 0 Å². The van der Waals surface area contributed by atoms with E-state index in [0.717, 1.165) is 45.1 Å². The van der Waals surface area contributed by atoms with Crippen LogP contribution < -0.4 is 5.32 Å². The van der Waals surface area contributed by atoms with E-state index in [-0.39, 0.29) is 5.91 Å². The molecule has 2 heterocycles. The number of anilines is 1. The summed E-state index contributed by atoms with van der Waals surface area (Å²) in [6, 6.07) is 14.3. The number of nitrogens with one attached hydrogen (secondary N) is 1. The summed E-state index contributed by atoms with van der Waals surface area (Å²) in [5, 5.41) is 5.20. The van der Waals surface area contributed by atoms with Gasteiger partial charge in [-0.05, 0) is 68.9 Å². The predicted molar refractivity (Wildman–Crippen MR) is 128 cm³/mol. The fourth-order valence-corrected chi connectivity index (χ4v) is 6.84. The van der Waals surface area contributed by atoms with Crippen molar-refractivity contribution in [2.24, 2.45) is 5.92 Å². The van der Waals surface area contributed by atoms with Gasteiger partial charge >= 0.3 is 0 Å². The second-order valence-electron chi connectivity index (χ2n) is 8.37. The maximum absolute atomic E-state index is 13.1. The van der Waals surface area contributed by atoms with E-state index in [9.17, 15) is 4.79 Å². The van der Waals surface area contributed by atoms with E-state index in [1.807, 2.05) is 32.0 Å². The Balaban J connectivity index is 1.60. The minimum atomic E-state index is -0.0455. The summed E-state index contributed by atoms with van der Waals surface area (Å²) in [5.41, 5.74) is 6.46. The van der Waals surface area contributed by atoms with Crippen LogP contribution in [-0.2, 0) is 12.8 Å². The fourth-order valence-electron chi connectivity index (χ4n) is 4.33. The van der Waals surface area contributed by atoms with E-state index in [2.05, 4.69) is 36.5 Å². The summed E-state index contributed by atoms with van der Waals surface area (Å²) in [6.45, 7) is 6.37. The molecule has 1 amide bonds. The number of carbonyl (C=O) groups is 1. The molecule has 1 atom stereocenters. The molecule has 0 saturated carbocycles. The zero-order valence-corrected chi connectivity index (χ0v) is 19.0. The van der Waals surface area contributed by atoms with Gasteiger partial charge in [-0.1, -0.05) is 36.2 Å². The molecule has 4 aromatic rings. The molecule has 3 nitrogen and oxygen atoms in total. The van der Waals surface area contributed by atoms with Crippen molar-refractivity contribution in [2.75, 3.05) is 5.32 Å². The standard InChI is InChI=1S/C25H24N2OS2/c1-14-8-9-18-21(13-14)30-25(27-23(28)17-11-15(2)10-16(3)12-17)22(18)24-26-19-6-4-5-7-20(19)29-24/h4-7,10-12,14H,8-9,13H2,1-3H3,(H,27,28). The van der Waals surface area contributed by atoms with E-state index in [1.54, 1.807) is 22.7 Å². The molecule has 0 bridgehead atoms. The lowest BCUT2D eigenvalue weighted by Gasteiger charge is -2.18. The lowest BCUT2D eigenvalue weighted by Crippen LogP contribution is -2.12. The highest BCUT2D eigenvalue weighted by Crippen LogP contribution is 2.47. The number of amides is 1. The Labute approximate surface area is 184 Å². The topological polar surface area (TPSA) is 42.0 Å². The van der Waals surface area contributed by atoms with Gasteiger partial charge in [0.15, 0.2) is 0 Å². The first-order chi connectivity index (χ1) is 14.5. The number of fused-ring (bicyclic) bond motifs is 2. The van der Waals surface area contributed by atoms with Gasteiger partial charge in [0.2, 0.25) is 0 Å². The monoisotopic (exact) mass is 432 g/mol. The molecule has 1 aliphatic carbocycles. The first-order valence-corrected chi connectivity index (χ1v) is 12.0. The largest absolute Gasteiger partial charge is 0.313 e. The van der Waals surface area contributed by atoms with Crippen LogP contribution in [0, 0.1) is 19.8 Å². The van der Waals surface area contributed by atoms with Crippen LogP contribution in [0.3, 0.4) is 0 Å². The molecule has 30 heavy (non-hydrogen) atoms. The number of rotatable bonds is 3. The molecule has 1 aliphatic rings. The average Bonchev–Trinajstić information content (AvgIpc) is 3.27. The molecule has 0 radical (unpaired) electrons. The Hall–Kier alpha value is -2.50. The van der Waals surface area contributed by atoms with Crippen LogP contribution in [0.25, 0.3) is 20.8 Å². The molecule has 1 unspecified atom stereocenters. The van der Waals surface area contributed by atoms with Gasteiger partial charge in [0, 0.05) is 16.0 Å². The molecule has 0 spiro atoms. The molecule has 0 saturated heterocycles. The third kappa shape index (κ3) is 3.57. The summed E-state index contributed by atoms with van der Waals surface area (Å²) < 4.78 is 1.18. The fraction of sp³-hybridized carbons (Fsp3) is 0.280. The minimum absolute atomic E-state index is 0.0455. The van der Waals surface area contributed by atoms with Crippen LogP contribution in [0.2, 0.25) is 0 Å². The Bertz CT molecular complexity index is 1210. The summed E-state index contributed by atoms with van der Waals surface area (Å²) in [7, 11) is 0. The smallest absolute Gasteiger partial charge is 0.256 e. The van der Waals surface area contributed by atoms with Crippen LogP contribution >= 0.6 is 22.7 Å². The Kier molecular flexibility index (Phi) is 4.95. The molecular formula is C25H24N2OS2. The van der Waals surface area contributed by atoms with Crippen molar-refractivity contribution in [3.8, 4) is 10.6 Å². The molecule has 5 heteroatoms. The first kappa shape index (κ1) is 19.5. The van der Waals surface area contributed by atoms with Crippen molar-refractivity contribution in [2.45, 2.75) is 40.0 Å². The van der Waals surface area contributed by atoms with Gasteiger partial charge in [-0.25, -0.2) is 4.98 Å². The maximum Gasteiger partial charge on any atom is 0.256 e. The van der Waals surface area contributed by atoms with Gasteiger partial charge in [0.25, 0.3) is 5.91 Å². The zero-order valence-electron chi connectivity index (χ0n) is 17.4. The second kappa shape index (κ2) is 7.64. The lowest BCUT2D eigenvalue weighted by atomic mass is 9.88. The molecular weight excluding hydrogens is 408 g/mol. The summed E-state index contributed by atoms with van der Waals surface area (Å²) in [4.78, 5) is 19.5. The van der Waals surface area contributed by atoms with Gasteiger partial charge in [0.1, 0.15) is 10.0 Å². The zero-order chi connectivity index (χ0) is 20.8. The van der Waals surface area contributed by atoms with Crippen molar-refractivity contribution in [3.05, 3.63) is 69.6 Å². The maximum atomic E-state index is 13.1. The number of aromatic nitrogens is 1. The van der Waals surface area contributed by atoms with Gasteiger partial charge < -0.3 is 5.32 Å². The third-order valence-corrected chi connectivity index (χ3v) is 7.95. The van der Waals surface area contributed by atoms with Gasteiger partial charge in [-0.15, -0.1) is 22.7 Å². The highest BCUT2D eigenvalue weighted by molar-refractivity contribution is 7.23. The van der Waals surface area contributed by atoms with Gasteiger partial charge in [0.05, 0.1) is 10.2 Å². The molecule has 0 aliphatic heterocycles. The molecule has 5 rings (SSSR count). The Morgan fingerprint density at radius 1 is 1.10 bits per heavy atom. The van der Waals surface area contributed by atoms with E-state index in [1.165, 1.54) is 21.6 Å². The van der Waals surface area contributed by atoms with E-state index < -0.39 is 0 Å². The predicted octanol–water partition coefficient (Wildman–Crippen LogP) is 7.02. The number of nitrogens with zero attached hydrogens (tertiary/aromatic N) is 1. The number of thiophene rings is 1. The highest BCUT2D eigenvalue weighted by atomic mass is 32.1. The number of benzene rings is 2. The van der Waals surface area contributed by atoms with E-state index >= 15 is 0 Å². The van der Waals surface area contributed by atoms with Crippen LogP contribution in [0.4, 0.5) is 5.00 Å². The van der Waals surface area contributed by atoms with Crippen LogP contribution in [0.1, 0.15) is 45.3 Å². The Morgan fingerprint density at radius 2 is 1.87 bits per heavy atom. The number of thiazole rings is 1. The first-order valence-electron chi connectivity index (χ1n) is 10.4. The van der Waals surface area contributed by atoms with Crippen molar-refractivity contribution >= 4 is 43.8 Å². The van der Waals surface area contributed by atoms with Crippen molar-refractivity contribution in [1.29, 1.82) is 0 Å². The van der Waals surface area contributed by atoms with Crippen molar-refractivity contribution in [1.82, 2.24) is 4.98 Å². The minimum Gasteiger partial charge on any atom is -0.313 e. The van der Waals surface area contributed by atoms with E-state index in [4.69, 9.17) is 4.98 Å². The average molecular weight is 433 g/mol. The van der Waals surface area contributed by atoms with Gasteiger partial charge in [-0.3, -0.25) is 4.79 Å². The quantitative estimate of drug-likeness (QED) is 0.378. The molecule has 152 valence electrons. The third-order valence-electron chi connectivity index (χ3n) is 5.73. The summed E-state index contributed by atoms with van der Waals surface area (Å²) in [6.07, 6.45) is 3.32. The number of hydrogen-bond donors (Lipinski definition) is 1. The lowest BCUT2D eigenvalue weighted by molar-refractivity contribution is 0.102. The molecule has 2 aromatic carbocycles. The highest BCUT2D eigenvalue weighted by Gasteiger charge is 2.27. The van der Waals surface area contributed by atoms with Crippen molar-refractivity contribution in [3.63, 3.8) is 0 Å². The van der Waals surface area contributed by atoms with Gasteiger partial charge in [-0.2, -0.15) is 0 Å². The van der Waals surface area contributed by atoms with Crippen LogP contribution in [-0.4, -0.2) is 10.9 Å². The van der Waals surface area contributed by atoms with Crippen molar-refractivity contribution < 1.29 is 4.79 Å². The SMILES string of the molecule is Cc1cc(C)cc(C(=O)Nc2sc3c(c2-c2nc4ccccc4s2)CCC(C)C3)c1. The molecule has 1 N–H and O–H groups in total.